The molecule has 7 nitrogen and oxygen atoms in total. The fraction of sp³-hybridized carbons (Fsp3) is 0.960. The average molecular weight is 543 g/mol. The second-order valence-electron chi connectivity index (χ2n) is 11.8. The van der Waals surface area contributed by atoms with Crippen LogP contribution in [0.5, 0.6) is 0 Å². The molecule has 3 unspecified atom stereocenters. The van der Waals surface area contributed by atoms with Crippen molar-refractivity contribution in [3.8, 4) is 0 Å². The first kappa shape index (κ1) is 29.6. The molecule has 0 radical (unpaired) electrons. The Morgan fingerprint density at radius 1 is 0.944 bits per heavy atom. The number of ether oxygens (including phenoxy) is 1. The van der Waals surface area contributed by atoms with Crippen LogP contribution < -0.4 is 0 Å². The normalized spacial score (nSPS) is 33.6. The van der Waals surface area contributed by atoms with Gasteiger partial charge < -0.3 is 14.9 Å². The number of esters is 1. The highest BCUT2D eigenvalue weighted by atomic mass is 32.2. The monoisotopic (exact) mass is 542 g/mol. The molecule has 4 bridgehead atoms. The van der Waals surface area contributed by atoms with E-state index in [0.717, 1.165) is 12.8 Å². The van der Waals surface area contributed by atoms with E-state index in [-0.39, 0.29) is 5.92 Å². The molecule has 4 fully saturated rings. The van der Waals surface area contributed by atoms with Gasteiger partial charge >= 0.3 is 21.3 Å². The third-order valence-corrected chi connectivity index (χ3v) is 11.1. The predicted octanol–water partition coefficient (Wildman–Crippen LogP) is 4.80. The fourth-order valence-electron chi connectivity index (χ4n) is 8.44. The maximum absolute atomic E-state index is 14.0. The van der Waals surface area contributed by atoms with Gasteiger partial charge in [-0.2, -0.15) is 17.2 Å². The van der Waals surface area contributed by atoms with E-state index in [1.165, 1.54) is 0 Å². The lowest BCUT2D eigenvalue weighted by atomic mass is 9.33. The molecule has 0 aromatic carbocycles. The number of hydrogen-bond acceptors (Lipinski definition) is 6. The first-order valence-corrected chi connectivity index (χ1v) is 14.5. The molecule has 3 N–H and O–H groups in total. The summed E-state index contributed by atoms with van der Waals surface area (Å²) in [7, 11) is -5.95. The summed E-state index contributed by atoms with van der Waals surface area (Å²) in [4.78, 5) is 13.6. The molecule has 0 aromatic rings. The number of aliphatic hydroxyl groups is 2. The zero-order valence-electron chi connectivity index (χ0n) is 21.7. The molecule has 4 aliphatic carbocycles. The number of alkyl halides is 3. The van der Waals surface area contributed by atoms with Crippen molar-refractivity contribution in [2.24, 2.45) is 22.2 Å². The van der Waals surface area contributed by atoms with Gasteiger partial charge in [0.05, 0.1) is 23.2 Å². The van der Waals surface area contributed by atoms with Crippen LogP contribution in [0.4, 0.5) is 13.2 Å². The first-order valence-electron chi connectivity index (χ1n) is 13.1. The van der Waals surface area contributed by atoms with Gasteiger partial charge in [0.1, 0.15) is 0 Å². The van der Waals surface area contributed by atoms with Crippen LogP contribution in [0.25, 0.3) is 0 Å². The lowest BCUT2D eigenvalue weighted by molar-refractivity contribution is -0.278. The summed E-state index contributed by atoms with van der Waals surface area (Å²) in [6.07, 6.45) is 0.711. The molecule has 0 spiro atoms. The van der Waals surface area contributed by atoms with Crippen molar-refractivity contribution >= 4 is 16.1 Å². The molecule has 0 aliphatic heterocycles. The molecule has 0 aromatic heterocycles. The summed E-state index contributed by atoms with van der Waals surface area (Å²) in [5.74, 6) is -0.632. The van der Waals surface area contributed by atoms with Crippen molar-refractivity contribution < 1.29 is 45.9 Å². The summed E-state index contributed by atoms with van der Waals surface area (Å²) >= 11 is 0. The van der Waals surface area contributed by atoms with Crippen molar-refractivity contribution in [3.05, 3.63) is 0 Å². The molecular weight excluding hydrogens is 501 g/mol. The lowest BCUT2D eigenvalue weighted by Crippen LogP contribution is -2.70. The number of carbonyl (C=O) groups is 1. The molecule has 210 valence electrons. The van der Waals surface area contributed by atoms with E-state index in [0.29, 0.717) is 51.4 Å². The van der Waals surface area contributed by atoms with E-state index >= 15 is 0 Å². The highest BCUT2D eigenvalue weighted by Gasteiger charge is 2.73. The highest BCUT2D eigenvalue weighted by Crippen LogP contribution is 2.75. The van der Waals surface area contributed by atoms with Gasteiger partial charge in [0.2, 0.25) is 0 Å². The van der Waals surface area contributed by atoms with Crippen LogP contribution in [-0.2, 0) is 19.6 Å². The van der Waals surface area contributed by atoms with E-state index in [4.69, 9.17) is 9.29 Å². The van der Waals surface area contributed by atoms with Gasteiger partial charge in [-0.25, -0.2) is 4.39 Å². The van der Waals surface area contributed by atoms with Gasteiger partial charge in [-0.05, 0) is 70.1 Å². The van der Waals surface area contributed by atoms with E-state index in [1.54, 1.807) is 0 Å². The van der Waals surface area contributed by atoms with E-state index in [9.17, 15) is 36.6 Å². The van der Waals surface area contributed by atoms with Crippen molar-refractivity contribution in [1.29, 1.82) is 0 Å². The Balaban J connectivity index is 1.92. The quantitative estimate of drug-likeness (QED) is 0.239. The third-order valence-electron chi connectivity index (χ3n) is 10.1. The minimum absolute atomic E-state index is 0.0563. The average Bonchev–Trinajstić information content (AvgIpc) is 2.80. The topological polar surface area (TPSA) is 121 Å². The second kappa shape index (κ2) is 9.38. The Morgan fingerprint density at radius 3 is 1.78 bits per heavy atom. The van der Waals surface area contributed by atoms with Crippen molar-refractivity contribution in [3.63, 3.8) is 0 Å². The predicted molar refractivity (Wildman–Crippen MR) is 127 cm³/mol. The molecule has 11 heteroatoms. The van der Waals surface area contributed by atoms with Crippen LogP contribution in [0.15, 0.2) is 0 Å². The summed E-state index contributed by atoms with van der Waals surface area (Å²) < 4.78 is 76.6. The third kappa shape index (κ3) is 4.29. The molecule has 36 heavy (non-hydrogen) atoms. The van der Waals surface area contributed by atoms with Gasteiger partial charge in [0, 0.05) is 17.3 Å². The van der Waals surface area contributed by atoms with Gasteiger partial charge in [-0.15, -0.1) is 0 Å². The second-order valence-corrected chi connectivity index (χ2v) is 13.3. The van der Waals surface area contributed by atoms with Crippen LogP contribution in [0.2, 0.25) is 0 Å². The van der Waals surface area contributed by atoms with Crippen molar-refractivity contribution in [2.75, 3.05) is 6.61 Å². The number of hydrogen-bond donors (Lipinski definition) is 3. The summed E-state index contributed by atoms with van der Waals surface area (Å²) in [6.45, 7) is 6.84. The standard InChI is InChI=1S/C25H41F3O7S/c1-5-23(30,6-2)21-12-17-11-20(14-21,15-22(13-17,16-21)24(31,7-3)8-4)19(29)35-10-9-18(26)25(27,28)36(32,33)34/h17-18,30-31H,5-16H2,1-4H3,(H,32,33,34). The van der Waals surface area contributed by atoms with Crippen molar-refractivity contribution in [1.82, 2.24) is 0 Å². The maximum Gasteiger partial charge on any atom is 0.400 e. The number of carbonyl (C=O) groups excluding carboxylic acids is 1. The van der Waals surface area contributed by atoms with Gasteiger partial charge in [-0.1, -0.05) is 27.7 Å². The van der Waals surface area contributed by atoms with Crippen LogP contribution in [0.3, 0.4) is 0 Å². The summed E-state index contributed by atoms with van der Waals surface area (Å²) in [6, 6.07) is 0. The summed E-state index contributed by atoms with van der Waals surface area (Å²) in [5.41, 5.74) is -4.45. The minimum Gasteiger partial charge on any atom is -0.465 e. The SMILES string of the molecule is CCC(O)(CC)C12CC3CC(C(=O)OCCC(F)C(F)(F)S(=O)(=O)O)(C1)CC(C(O)(CC)CC)(C3)C2. The smallest absolute Gasteiger partial charge is 0.400 e. The molecule has 3 atom stereocenters. The highest BCUT2D eigenvalue weighted by molar-refractivity contribution is 7.86. The lowest BCUT2D eigenvalue weighted by Gasteiger charge is -2.71. The van der Waals surface area contributed by atoms with E-state index < -0.39 is 68.0 Å². The maximum atomic E-state index is 14.0. The Labute approximate surface area is 211 Å². The number of rotatable bonds is 12. The Hall–Kier alpha value is -0.910. The Bertz CT molecular complexity index is 911. The Morgan fingerprint density at radius 2 is 1.39 bits per heavy atom. The van der Waals surface area contributed by atoms with Gasteiger partial charge in [0.15, 0.2) is 6.17 Å². The van der Waals surface area contributed by atoms with E-state index in [2.05, 4.69) is 0 Å². The first-order chi connectivity index (χ1) is 16.4. The number of halogens is 3. The largest absolute Gasteiger partial charge is 0.465 e. The molecular formula is C25H41F3O7S. The molecule has 4 saturated carbocycles. The zero-order chi connectivity index (χ0) is 27.4. The van der Waals surface area contributed by atoms with Crippen molar-refractivity contribution in [2.45, 2.75) is 121 Å². The fourth-order valence-corrected chi connectivity index (χ4v) is 8.88. The van der Waals surface area contributed by atoms with Crippen LogP contribution in [-0.4, -0.2) is 58.4 Å². The molecule has 0 heterocycles. The Kier molecular flexibility index (Phi) is 7.72. The molecule has 4 rings (SSSR count). The zero-order valence-corrected chi connectivity index (χ0v) is 22.5. The van der Waals surface area contributed by atoms with Gasteiger partial charge in [0.25, 0.3) is 0 Å². The van der Waals surface area contributed by atoms with Gasteiger partial charge in [-0.3, -0.25) is 9.35 Å². The summed E-state index contributed by atoms with van der Waals surface area (Å²) in [5, 5.41) is 18.6. The van der Waals surface area contributed by atoms with Crippen LogP contribution >= 0.6 is 0 Å². The van der Waals surface area contributed by atoms with E-state index in [1.807, 2.05) is 27.7 Å². The molecule has 0 amide bonds. The van der Waals surface area contributed by atoms with Crippen LogP contribution in [0.1, 0.15) is 98.3 Å². The minimum atomic E-state index is -5.95. The molecule has 0 saturated heterocycles. The van der Waals surface area contributed by atoms with Crippen LogP contribution in [0, 0.1) is 22.2 Å². The molecule has 4 aliphatic rings.